The van der Waals surface area contributed by atoms with Gasteiger partial charge in [-0.25, -0.2) is 0 Å². The molecule has 0 unspecified atom stereocenters. The van der Waals surface area contributed by atoms with Gasteiger partial charge in [0.15, 0.2) is 0 Å². The summed E-state index contributed by atoms with van der Waals surface area (Å²) in [6.45, 7) is 4.48. The van der Waals surface area contributed by atoms with Gasteiger partial charge in [0.05, 0.1) is 23.5 Å². The molecule has 0 spiro atoms. The smallest absolute Gasteiger partial charge is 0.259 e. The third-order valence-corrected chi connectivity index (χ3v) is 5.70. The number of hydrogen-bond donors (Lipinski definition) is 1. The monoisotopic (exact) mass is 401 g/mol. The Morgan fingerprint density at radius 1 is 1.10 bits per heavy atom. The van der Waals surface area contributed by atoms with Crippen molar-refractivity contribution in [3.8, 4) is 0 Å². The van der Waals surface area contributed by atoms with Crippen molar-refractivity contribution in [1.82, 2.24) is 10.3 Å². The highest BCUT2D eigenvalue weighted by Crippen LogP contribution is 2.41. The summed E-state index contributed by atoms with van der Waals surface area (Å²) in [7, 11) is 0. The van der Waals surface area contributed by atoms with E-state index in [2.05, 4.69) is 16.9 Å². The van der Waals surface area contributed by atoms with E-state index in [0.717, 1.165) is 15.5 Å². The molecule has 1 aromatic heterocycles. The van der Waals surface area contributed by atoms with E-state index in [1.165, 1.54) is 11.8 Å². The van der Waals surface area contributed by atoms with E-state index >= 15 is 0 Å². The van der Waals surface area contributed by atoms with Crippen molar-refractivity contribution in [2.75, 3.05) is 11.4 Å². The van der Waals surface area contributed by atoms with Crippen molar-refractivity contribution in [3.05, 3.63) is 96.3 Å². The van der Waals surface area contributed by atoms with Gasteiger partial charge in [-0.05, 0) is 42.5 Å². The molecule has 144 valence electrons. The zero-order chi connectivity index (χ0) is 20.2. The van der Waals surface area contributed by atoms with Crippen molar-refractivity contribution in [2.24, 2.45) is 0 Å². The van der Waals surface area contributed by atoms with Crippen molar-refractivity contribution in [2.45, 2.75) is 16.3 Å². The molecule has 29 heavy (non-hydrogen) atoms. The predicted molar refractivity (Wildman–Crippen MR) is 114 cm³/mol. The third-order valence-electron chi connectivity index (χ3n) is 4.56. The number of carbonyl (C=O) groups is 2. The van der Waals surface area contributed by atoms with Crippen LogP contribution in [0.15, 0.2) is 89.3 Å². The van der Waals surface area contributed by atoms with Crippen molar-refractivity contribution >= 4 is 29.3 Å². The molecule has 1 aliphatic rings. The number of carbonyl (C=O) groups excluding carboxylic acids is 2. The van der Waals surface area contributed by atoms with Gasteiger partial charge in [-0.2, -0.15) is 0 Å². The minimum atomic E-state index is -0.212. The Morgan fingerprint density at radius 3 is 2.72 bits per heavy atom. The van der Waals surface area contributed by atoms with Crippen LogP contribution in [-0.4, -0.2) is 23.3 Å². The molecule has 2 aromatic carbocycles. The van der Waals surface area contributed by atoms with Crippen LogP contribution in [0.2, 0.25) is 0 Å². The molecule has 0 radical (unpaired) electrons. The van der Waals surface area contributed by atoms with E-state index in [0.29, 0.717) is 29.9 Å². The fourth-order valence-electron chi connectivity index (χ4n) is 3.15. The van der Waals surface area contributed by atoms with Gasteiger partial charge in [0.25, 0.3) is 11.8 Å². The van der Waals surface area contributed by atoms with Crippen LogP contribution in [-0.2, 0) is 6.54 Å². The fourth-order valence-corrected chi connectivity index (χ4v) is 4.21. The number of fused-ring (bicyclic) bond motifs is 2. The standard InChI is InChI=1S/C23H19N3O2S/c1-2-13-26-19-14-16(22(27)25-15-17-7-5-6-12-24-17)10-11-21(19)29-20-9-4-3-8-18(20)23(26)28/h2-12,14H,1,13,15H2,(H,25,27). The zero-order valence-electron chi connectivity index (χ0n) is 15.7. The van der Waals surface area contributed by atoms with Gasteiger partial charge in [0.2, 0.25) is 0 Å². The molecule has 2 heterocycles. The number of aromatic nitrogens is 1. The first-order valence-corrected chi connectivity index (χ1v) is 10.0. The topological polar surface area (TPSA) is 62.3 Å². The zero-order valence-corrected chi connectivity index (χ0v) is 16.5. The number of nitrogens with zero attached hydrogens (tertiary/aromatic N) is 2. The number of rotatable bonds is 5. The van der Waals surface area contributed by atoms with Crippen LogP contribution in [0.5, 0.6) is 0 Å². The summed E-state index contributed by atoms with van der Waals surface area (Å²) in [5.74, 6) is -0.311. The molecular formula is C23H19N3O2S. The Labute approximate surface area is 173 Å². The minimum absolute atomic E-state index is 0.0993. The second kappa shape index (κ2) is 8.32. The maximum atomic E-state index is 13.1. The summed E-state index contributed by atoms with van der Waals surface area (Å²) in [6, 6.07) is 18.5. The molecule has 0 bridgehead atoms. The highest BCUT2D eigenvalue weighted by Gasteiger charge is 2.27. The van der Waals surface area contributed by atoms with E-state index < -0.39 is 0 Å². The van der Waals surface area contributed by atoms with Crippen molar-refractivity contribution < 1.29 is 9.59 Å². The average molecular weight is 401 g/mol. The van der Waals surface area contributed by atoms with Gasteiger partial charge >= 0.3 is 0 Å². The van der Waals surface area contributed by atoms with Gasteiger partial charge in [0, 0.05) is 28.1 Å². The number of amides is 2. The van der Waals surface area contributed by atoms with E-state index in [1.807, 2.05) is 48.5 Å². The number of benzene rings is 2. The van der Waals surface area contributed by atoms with Crippen LogP contribution in [0, 0.1) is 0 Å². The molecule has 0 atom stereocenters. The largest absolute Gasteiger partial charge is 0.346 e. The van der Waals surface area contributed by atoms with Crippen LogP contribution in [0.3, 0.4) is 0 Å². The van der Waals surface area contributed by atoms with E-state index in [1.54, 1.807) is 29.3 Å². The predicted octanol–water partition coefficient (Wildman–Crippen LogP) is 4.31. The van der Waals surface area contributed by atoms with Crippen LogP contribution < -0.4 is 10.2 Å². The summed E-state index contributed by atoms with van der Waals surface area (Å²) in [5, 5.41) is 2.88. The van der Waals surface area contributed by atoms with Gasteiger partial charge in [-0.15, -0.1) is 6.58 Å². The third kappa shape index (κ3) is 3.93. The number of pyridine rings is 1. The summed E-state index contributed by atoms with van der Waals surface area (Å²) < 4.78 is 0. The molecule has 1 aliphatic heterocycles. The number of anilines is 1. The van der Waals surface area contributed by atoms with Crippen LogP contribution >= 0.6 is 11.8 Å². The van der Waals surface area contributed by atoms with Crippen LogP contribution in [0.4, 0.5) is 5.69 Å². The Morgan fingerprint density at radius 2 is 1.93 bits per heavy atom. The molecule has 5 nitrogen and oxygen atoms in total. The van der Waals surface area contributed by atoms with E-state index in [-0.39, 0.29) is 11.8 Å². The van der Waals surface area contributed by atoms with Crippen molar-refractivity contribution in [3.63, 3.8) is 0 Å². The second-order valence-corrected chi connectivity index (χ2v) is 7.57. The Bertz CT molecular complexity index is 1080. The molecule has 0 saturated carbocycles. The lowest BCUT2D eigenvalue weighted by Crippen LogP contribution is -2.31. The van der Waals surface area contributed by atoms with Crippen LogP contribution in [0.25, 0.3) is 0 Å². The molecule has 6 heteroatoms. The maximum Gasteiger partial charge on any atom is 0.259 e. The molecule has 2 amide bonds. The van der Waals surface area contributed by atoms with Crippen LogP contribution in [0.1, 0.15) is 26.4 Å². The molecule has 0 aliphatic carbocycles. The van der Waals surface area contributed by atoms with Gasteiger partial charge < -0.3 is 10.2 Å². The van der Waals surface area contributed by atoms with Gasteiger partial charge in [-0.1, -0.05) is 36.0 Å². The highest BCUT2D eigenvalue weighted by atomic mass is 32.2. The highest BCUT2D eigenvalue weighted by molar-refractivity contribution is 7.99. The quantitative estimate of drug-likeness (QED) is 0.647. The second-order valence-electron chi connectivity index (χ2n) is 6.49. The first-order chi connectivity index (χ1) is 14.2. The summed E-state index contributed by atoms with van der Waals surface area (Å²) in [6.07, 6.45) is 3.38. The lowest BCUT2D eigenvalue weighted by atomic mass is 10.1. The first kappa shape index (κ1) is 19.0. The minimum Gasteiger partial charge on any atom is -0.346 e. The Kier molecular flexibility index (Phi) is 5.44. The fraction of sp³-hybridized carbons (Fsp3) is 0.0870. The summed E-state index contributed by atoms with van der Waals surface area (Å²) in [4.78, 5) is 33.5. The Balaban J connectivity index is 1.65. The summed E-state index contributed by atoms with van der Waals surface area (Å²) in [5.41, 5.74) is 2.64. The number of hydrogen-bond acceptors (Lipinski definition) is 4. The van der Waals surface area contributed by atoms with E-state index in [4.69, 9.17) is 0 Å². The molecular weight excluding hydrogens is 382 g/mol. The normalized spacial score (nSPS) is 12.6. The maximum absolute atomic E-state index is 13.1. The molecule has 1 N–H and O–H groups in total. The average Bonchev–Trinajstić information content (AvgIpc) is 2.87. The molecule has 0 fully saturated rings. The lowest BCUT2D eigenvalue weighted by molar-refractivity contribution is 0.0947. The SMILES string of the molecule is C=CCN1C(=O)c2ccccc2Sc2ccc(C(=O)NCc3ccccn3)cc21. The first-order valence-electron chi connectivity index (χ1n) is 9.19. The van der Waals surface area contributed by atoms with Gasteiger partial charge in [-0.3, -0.25) is 14.6 Å². The molecule has 0 saturated heterocycles. The molecule has 4 rings (SSSR count). The number of nitrogens with one attached hydrogen (secondary N) is 1. The Hall–Kier alpha value is -3.38. The lowest BCUT2D eigenvalue weighted by Gasteiger charge is -2.22. The molecule has 3 aromatic rings. The van der Waals surface area contributed by atoms with E-state index in [9.17, 15) is 9.59 Å². The van der Waals surface area contributed by atoms with Gasteiger partial charge in [0.1, 0.15) is 0 Å². The van der Waals surface area contributed by atoms with Crippen molar-refractivity contribution in [1.29, 1.82) is 0 Å². The summed E-state index contributed by atoms with van der Waals surface area (Å²) >= 11 is 1.53.